The summed E-state index contributed by atoms with van der Waals surface area (Å²) in [4.78, 5) is 40.3. The van der Waals surface area contributed by atoms with Gasteiger partial charge in [0.05, 0.1) is 7.11 Å². The van der Waals surface area contributed by atoms with Crippen molar-refractivity contribution in [1.82, 2.24) is 15.7 Å². The molecule has 1 aliphatic heterocycles. The Labute approximate surface area is 99.4 Å². The molecular formula is C10H17N3O4. The summed E-state index contributed by atoms with van der Waals surface area (Å²) in [6, 6.07) is -0.537. The first-order chi connectivity index (χ1) is 8.00. The standard InChI is InChI=1S/C10H17N3O4/c1-4-10(5-2)8(15)13(9(16)11-10)6-7(14)12-17-3/h4-6H2,1-3H3,(H,11,16)(H,12,14). The molecule has 0 aliphatic carbocycles. The lowest BCUT2D eigenvalue weighted by molar-refractivity contribution is -0.139. The summed E-state index contributed by atoms with van der Waals surface area (Å²) in [5.74, 6) is -0.905. The number of hydroxylamine groups is 1. The maximum Gasteiger partial charge on any atom is 0.325 e. The van der Waals surface area contributed by atoms with E-state index in [1.54, 1.807) is 0 Å². The van der Waals surface area contributed by atoms with Gasteiger partial charge in [0.2, 0.25) is 0 Å². The fourth-order valence-electron chi connectivity index (χ4n) is 1.84. The summed E-state index contributed by atoms with van der Waals surface area (Å²) >= 11 is 0. The third kappa shape index (κ3) is 2.38. The van der Waals surface area contributed by atoms with E-state index < -0.39 is 17.5 Å². The number of urea groups is 1. The summed E-state index contributed by atoms with van der Waals surface area (Å²) in [7, 11) is 1.28. The van der Waals surface area contributed by atoms with Gasteiger partial charge in [-0.3, -0.25) is 19.3 Å². The van der Waals surface area contributed by atoms with Crippen molar-refractivity contribution in [2.75, 3.05) is 13.7 Å². The molecule has 7 nitrogen and oxygen atoms in total. The molecule has 0 bridgehead atoms. The molecule has 0 unspecified atom stereocenters. The van der Waals surface area contributed by atoms with Crippen LogP contribution in [0, 0.1) is 0 Å². The van der Waals surface area contributed by atoms with E-state index in [4.69, 9.17) is 0 Å². The molecule has 1 fully saturated rings. The fraction of sp³-hybridized carbons (Fsp3) is 0.700. The van der Waals surface area contributed by atoms with Gasteiger partial charge in [0.15, 0.2) is 0 Å². The molecule has 0 aromatic rings. The second-order valence-corrected chi connectivity index (χ2v) is 3.84. The molecule has 1 rings (SSSR count). The Kier molecular flexibility index (Phi) is 4.06. The van der Waals surface area contributed by atoms with Gasteiger partial charge in [-0.05, 0) is 12.8 Å². The van der Waals surface area contributed by atoms with Gasteiger partial charge in [0, 0.05) is 0 Å². The third-order valence-electron chi connectivity index (χ3n) is 2.97. The molecule has 1 heterocycles. The normalized spacial score (nSPS) is 18.2. The van der Waals surface area contributed by atoms with Crippen LogP contribution in [0.3, 0.4) is 0 Å². The molecule has 4 amide bonds. The van der Waals surface area contributed by atoms with Crippen molar-refractivity contribution in [3.8, 4) is 0 Å². The van der Waals surface area contributed by atoms with Gasteiger partial charge in [-0.15, -0.1) is 0 Å². The summed E-state index contributed by atoms with van der Waals surface area (Å²) < 4.78 is 0. The van der Waals surface area contributed by atoms with E-state index in [1.807, 2.05) is 13.8 Å². The van der Waals surface area contributed by atoms with E-state index >= 15 is 0 Å². The second-order valence-electron chi connectivity index (χ2n) is 3.84. The lowest BCUT2D eigenvalue weighted by Gasteiger charge is -2.22. The number of hydrogen-bond donors (Lipinski definition) is 2. The van der Waals surface area contributed by atoms with Crippen molar-refractivity contribution in [2.24, 2.45) is 0 Å². The zero-order valence-corrected chi connectivity index (χ0v) is 10.2. The van der Waals surface area contributed by atoms with Crippen molar-refractivity contribution in [2.45, 2.75) is 32.2 Å². The highest BCUT2D eigenvalue weighted by atomic mass is 16.6. The van der Waals surface area contributed by atoms with Gasteiger partial charge in [-0.1, -0.05) is 13.8 Å². The van der Waals surface area contributed by atoms with Crippen molar-refractivity contribution in [1.29, 1.82) is 0 Å². The van der Waals surface area contributed by atoms with E-state index in [1.165, 1.54) is 7.11 Å². The number of nitrogens with zero attached hydrogens (tertiary/aromatic N) is 1. The smallest absolute Gasteiger partial charge is 0.323 e. The Hall–Kier alpha value is -1.63. The molecule has 1 aliphatic rings. The highest BCUT2D eigenvalue weighted by Gasteiger charge is 2.49. The number of hydrogen-bond acceptors (Lipinski definition) is 4. The predicted molar refractivity (Wildman–Crippen MR) is 58.7 cm³/mol. The van der Waals surface area contributed by atoms with Crippen LogP contribution >= 0.6 is 0 Å². The number of amides is 4. The number of rotatable bonds is 5. The zero-order chi connectivity index (χ0) is 13.1. The first-order valence-electron chi connectivity index (χ1n) is 5.46. The maximum atomic E-state index is 12.1. The monoisotopic (exact) mass is 243 g/mol. The number of nitrogens with one attached hydrogen (secondary N) is 2. The molecule has 0 aromatic carbocycles. The highest BCUT2D eigenvalue weighted by molar-refractivity contribution is 6.08. The Morgan fingerprint density at radius 2 is 2.00 bits per heavy atom. The van der Waals surface area contributed by atoms with E-state index in [9.17, 15) is 14.4 Å². The Bertz CT molecular complexity index is 338. The van der Waals surface area contributed by atoms with Crippen LogP contribution in [-0.2, 0) is 14.4 Å². The Morgan fingerprint density at radius 1 is 1.41 bits per heavy atom. The molecule has 2 N–H and O–H groups in total. The van der Waals surface area contributed by atoms with Gasteiger partial charge in [0.1, 0.15) is 12.1 Å². The lowest BCUT2D eigenvalue weighted by atomic mass is 9.93. The SMILES string of the molecule is CCC1(CC)NC(=O)N(CC(=O)NOC)C1=O. The topological polar surface area (TPSA) is 87.7 Å². The minimum absolute atomic E-state index is 0.333. The van der Waals surface area contributed by atoms with Crippen LogP contribution in [0.4, 0.5) is 4.79 Å². The number of carbonyl (C=O) groups is 3. The molecule has 0 aromatic heterocycles. The third-order valence-corrected chi connectivity index (χ3v) is 2.97. The van der Waals surface area contributed by atoms with Crippen molar-refractivity contribution < 1.29 is 19.2 Å². The Balaban J connectivity index is 2.79. The van der Waals surface area contributed by atoms with E-state index in [0.717, 1.165) is 4.90 Å². The second kappa shape index (κ2) is 5.13. The first kappa shape index (κ1) is 13.4. The lowest BCUT2D eigenvalue weighted by Crippen LogP contribution is -2.46. The summed E-state index contributed by atoms with van der Waals surface area (Å²) in [6.07, 6.45) is 0.993. The van der Waals surface area contributed by atoms with Crippen LogP contribution in [-0.4, -0.2) is 41.9 Å². The van der Waals surface area contributed by atoms with Gasteiger partial charge >= 0.3 is 6.03 Å². The maximum absolute atomic E-state index is 12.1. The van der Waals surface area contributed by atoms with Gasteiger partial charge in [-0.2, -0.15) is 0 Å². The van der Waals surface area contributed by atoms with Crippen LogP contribution in [0.1, 0.15) is 26.7 Å². The van der Waals surface area contributed by atoms with Gasteiger partial charge in [-0.25, -0.2) is 10.3 Å². The average Bonchev–Trinajstić information content (AvgIpc) is 2.54. The van der Waals surface area contributed by atoms with E-state index in [0.29, 0.717) is 12.8 Å². The molecule has 0 radical (unpaired) electrons. The fourth-order valence-corrected chi connectivity index (χ4v) is 1.84. The van der Waals surface area contributed by atoms with Crippen molar-refractivity contribution in [3.63, 3.8) is 0 Å². The number of imide groups is 1. The minimum atomic E-state index is -0.871. The van der Waals surface area contributed by atoms with Crippen molar-refractivity contribution >= 4 is 17.8 Å². The van der Waals surface area contributed by atoms with E-state index in [2.05, 4.69) is 15.6 Å². The van der Waals surface area contributed by atoms with Gasteiger partial charge < -0.3 is 5.32 Å². The highest BCUT2D eigenvalue weighted by Crippen LogP contribution is 2.24. The minimum Gasteiger partial charge on any atom is -0.323 e. The van der Waals surface area contributed by atoms with Crippen LogP contribution in [0.25, 0.3) is 0 Å². The summed E-state index contributed by atoms with van der Waals surface area (Å²) in [5, 5.41) is 2.63. The quantitative estimate of drug-likeness (QED) is 0.516. The average molecular weight is 243 g/mol. The molecule has 1 saturated heterocycles. The summed E-state index contributed by atoms with van der Waals surface area (Å²) in [5.41, 5.74) is 1.19. The van der Waals surface area contributed by atoms with Crippen molar-refractivity contribution in [3.05, 3.63) is 0 Å². The molecule has 7 heteroatoms. The first-order valence-corrected chi connectivity index (χ1v) is 5.46. The molecule has 17 heavy (non-hydrogen) atoms. The largest absolute Gasteiger partial charge is 0.325 e. The Morgan fingerprint density at radius 3 is 2.41 bits per heavy atom. The van der Waals surface area contributed by atoms with Crippen LogP contribution in [0.2, 0.25) is 0 Å². The molecule has 0 atom stereocenters. The zero-order valence-electron chi connectivity index (χ0n) is 10.2. The molecule has 0 spiro atoms. The van der Waals surface area contributed by atoms with Crippen LogP contribution in [0.15, 0.2) is 0 Å². The molecule has 96 valence electrons. The molecular weight excluding hydrogens is 226 g/mol. The van der Waals surface area contributed by atoms with Gasteiger partial charge in [0.25, 0.3) is 11.8 Å². The summed E-state index contributed by atoms with van der Waals surface area (Å²) in [6.45, 7) is 3.31. The van der Waals surface area contributed by atoms with E-state index in [-0.39, 0.29) is 12.5 Å². The van der Waals surface area contributed by atoms with Crippen LogP contribution in [0.5, 0.6) is 0 Å². The van der Waals surface area contributed by atoms with Crippen LogP contribution < -0.4 is 10.8 Å². The number of carbonyl (C=O) groups excluding carboxylic acids is 3. The predicted octanol–water partition coefficient (Wildman–Crippen LogP) is -0.225. The molecule has 0 saturated carbocycles.